The Bertz CT molecular complexity index is 701. The Morgan fingerprint density at radius 1 is 1.12 bits per heavy atom. The molecule has 5 heteroatoms. The molecule has 5 nitrogen and oxygen atoms in total. The molecule has 128 valence electrons. The summed E-state index contributed by atoms with van der Waals surface area (Å²) in [6, 6.07) is 9.89. The summed E-state index contributed by atoms with van der Waals surface area (Å²) in [6.45, 7) is 3.87. The smallest absolute Gasteiger partial charge is 0.339 e. The van der Waals surface area contributed by atoms with Crippen molar-refractivity contribution in [2.24, 2.45) is 0 Å². The second-order valence-electron chi connectivity index (χ2n) is 5.96. The molecule has 0 spiro atoms. The summed E-state index contributed by atoms with van der Waals surface area (Å²) in [7, 11) is 0. The molecule has 0 aliphatic carbocycles. The van der Waals surface area contributed by atoms with Crippen LogP contribution in [-0.2, 0) is 17.8 Å². The maximum absolute atomic E-state index is 11.8. The Morgan fingerprint density at radius 2 is 1.83 bits per heavy atom. The highest BCUT2D eigenvalue weighted by molar-refractivity contribution is 5.88. The van der Waals surface area contributed by atoms with Crippen molar-refractivity contribution in [1.82, 2.24) is 5.32 Å². The predicted octanol–water partition coefficient (Wildman–Crippen LogP) is 3.62. The zero-order valence-corrected chi connectivity index (χ0v) is 14.1. The molecule has 24 heavy (non-hydrogen) atoms. The molecule has 0 unspecified atom stereocenters. The van der Waals surface area contributed by atoms with Crippen LogP contribution in [-0.4, -0.2) is 17.0 Å². The number of furan rings is 1. The van der Waals surface area contributed by atoms with Gasteiger partial charge in [0.05, 0.1) is 6.54 Å². The number of hydrogen-bond acceptors (Lipinski definition) is 3. The van der Waals surface area contributed by atoms with E-state index in [1.54, 1.807) is 6.92 Å². The third-order valence-corrected chi connectivity index (χ3v) is 3.90. The molecule has 0 fully saturated rings. The number of nitrogens with one attached hydrogen (secondary N) is 1. The highest BCUT2D eigenvalue weighted by atomic mass is 16.4. The monoisotopic (exact) mass is 329 g/mol. The highest BCUT2D eigenvalue weighted by Gasteiger charge is 2.13. The van der Waals surface area contributed by atoms with Crippen molar-refractivity contribution >= 4 is 11.9 Å². The molecule has 0 saturated heterocycles. The fourth-order valence-electron chi connectivity index (χ4n) is 2.49. The largest absolute Gasteiger partial charge is 0.478 e. The van der Waals surface area contributed by atoms with Gasteiger partial charge < -0.3 is 14.8 Å². The van der Waals surface area contributed by atoms with Gasteiger partial charge in [-0.25, -0.2) is 4.79 Å². The lowest BCUT2D eigenvalue weighted by molar-refractivity contribution is -0.121. The van der Waals surface area contributed by atoms with Crippen LogP contribution < -0.4 is 5.32 Å². The lowest BCUT2D eigenvalue weighted by Crippen LogP contribution is -2.22. The van der Waals surface area contributed by atoms with E-state index in [0.29, 0.717) is 17.9 Å². The minimum atomic E-state index is -1.02. The Labute approximate surface area is 141 Å². The van der Waals surface area contributed by atoms with Crippen LogP contribution in [0, 0.1) is 13.8 Å². The van der Waals surface area contributed by atoms with E-state index in [1.165, 1.54) is 17.2 Å². The van der Waals surface area contributed by atoms with Crippen LogP contribution in [0.5, 0.6) is 0 Å². The third-order valence-electron chi connectivity index (χ3n) is 3.90. The van der Waals surface area contributed by atoms with Crippen molar-refractivity contribution in [2.75, 3.05) is 0 Å². The van der Waals surface area contributed by atoms with Crippen LogP contribution in [0.4, 0.5) is 0 Å². The van der Waals surface area contributed by atoms with Gasteiger partial charge in [0.25, 0.3) is 0 Å². The van der Waals surface area contributed by atoms with Crippen LogP contribution in [0.2, 0.25) is 0 Å². The first-order valence-corrected chi connectivity index (χ1v) is 8.10. The number of carbonyl (C=O) groups excluding carboxylic acids is 1. The summed E-state index contributed by atoms with van der Waals surface area (Å²) in [5.41, 5.74) is 2.67. The number of unbranched alkanes of at least 4 members (excludes halogenated alkanes) is 1. The molecule has 2 aromatic rings. The van der Waals surface area contributed by atoms with Crippen molar-refractivity contribution < 1.29 is 19.1 Å². The minimum absolute atomic E-state index is 0.0511. The van der Waals surface area contributed by atoms with Gasteiger partial charge in [0.1, 0.15) is 17.1 Å². The number of rotatable bonds is 8. The van der Waals surface area contributed by atoms with Gasteiger partial charge in [0, 0.05) is 6.42 Å². The van der Waals surface area contributed by atoms with Gasteiger partial charge in [0.15, 0.2) is 0 Å². The van der Waals surface area contributed by atoms with Crippen LogP contribution in [0.1, 0.15) is 52.3 Å². The fraction of sp³-hybridized carbons (Fsp3) is 0.368. The van der Waals surface area contributed by atoms with Crippen molar-refractivity contribution in [1.29, 1.82) is 0 Å². The molecule has 0 bridgehead atoms. The zero-order valence-electron chi connectivity index (χ0n) is 14.1. The van der Waals surface area contributed by atoms with E-state index in [0.717, 1.165) is 19.3 Å². The number of amides is 1. The lowest BCUT2D eigenvalue weighted by atomic mass is 10.1. The number of hydrogen-bond donors (Lipinski definition) is 2. The normalized spacial score (nSPS) is 10.6. The molecule has 2 N–H and O–H groups in total. The zero-order chi connectivity index (χ0) is 17.5. The predicted molar refractivity (Wildman–Crippen MR) is 91.0 cm³/mol. The molecule has 1 aromatic heterocycles. The molecule has 0 atom stereocenters. The number of benzene rings is 1. The summed E-state index contributed by atoms with van der Waals surface area (Å²) in [5.74, 6) is -0.266. The minimum Gasteiger partial charge on any atom is -0.478 e. The van der Waals surface area contributed by atoms with Crippen molar-refractivity contribution in [3.05, 3.63) is 58.5 Å². The van der Waals surface area contributed by atoms with Gasteiger partial charge in [-0.15, -0.1) is 0 Å². The molecule has 0 radical (unpaired) electrons. The first-order valence-electron chi connectivity index (χ1n) is 8.10. The summed E-state index contributed by atoms with van der Waals surface area (Å²) in [5, 5.41) is 11.7. The van der Waals surface area contributed by atoms with E-state index in [2.05, 4.69) is 36.5 Å². The van der Waals surface area contributed by atoms with E-state index < -0.39 is 5.97 Å². The Kier molecular flexibility index (Phi) is 6.18. The first-order chi connectivity index (χ1) is 11.5. The van der Waals surface area contributed by atoms with Gasteiger partial charge in [0.2, 0.25) is 5.91 Å². The first kappa shape index (κ1) is 17.8. The SMILES string of the molecule is Cc1ccc(CCCCC(=O)NCc2cc(C(=O)O)c(C)o2)cc1. The van der Waals surface area contributed by atoms with Crippen LogP contribution in [0.25, 0.3) is 0 Å². The quantitative estimate of drug-likeness (QED) is 0.725. The molecule has 0 aliphatic rings. The number of carboxylic acids is 1. The van der Waals surface area contributed by atoms with Gasteiger partial charge in [-0.2, -0.15) is 0 Å². The van der Waals surface area contributed by atoms with Gasteiger partial charge in [-0.05, 0) is 44.7 Å². The summed E-state index contributed by atoms with van der Waals surface area (Å²) >= 11 is 0. The van der Waals surface area contributed by atoms with Gasteiger partial charge in [-0.3, -0.25) is 4.79 Å². The standard InChI is InChI=1S/C19H23NO4/c1-13-7-9-15(10-8-13)5-3-4-6-18(21)20-12-16-11-17(19(22)23)14(2)24-16/h7-11H,3-6,12H2,1-2H3,(H,20,21)(H,22,23). The Balaban J connectivity index is 1.67. The van der Waals surface area contributed by atoms with E-state index in [-0.39, 0.29) is 18.0 Å². The van der Waals surface area contributed by atoms with E-state index >= 15 is 0 Å². The lowest BCUT2D eigenvalue weighted by Gasteiger charge is -2.04. The molecule has 0 saturated carbocycles. The van der Waals surface area contributed by atoms with E-state index in [4.69, 9.17) is 9.52 Å². The number of carboxylic acid groups (broad SMARTS) is 1. The maximum Gasteiger partial charge on any atom is 0.339 e. The summed E-state index contributed by atoms with van der Waals surface area (Å²) in [4.78, 5) is 22.8. The van der Waals surface area contributed by atoms with Gasteiger partial charge in [-0.1, -0.05) is 29.8 Å². The average molecular weight is 329 g/mol. The van der Waals surface area contributed by atoms with Crippen LogP contribution >= 0.6 is 0 Å². The average Bonchev–Trinajstić information content (AvgIpc) is 2.92. The fourth-order valence-corrected chi connectivity index (χ4v) is 2.49. The topological polar surface area (TPSA) is 79.5 Å². The number of aryl methyl sites for hydroxylation is 3. The maximum atomic E-state index is 11.8. The third kappa shape index (κ3) is 5.26. The number of aromatic carboxylic acids is 1. The Morgan fingerprint density at radius 3 is 2.46 bits per heavy atom. The molecule has 1 amide bonds. The summed E-state index contributed by atoms with van der Waals surface area (Å²) < 4.78 is 5.32. The second-order valence-corrected chi connectivity index (χ2v) is 5.96. The molecular formula is C19H23NO4. The van der Waals surface area contributed by atoms with E-state index in [1.807, 2.05) is 0 Å². The molecule has 0 aliphatic heterocycles. The van der Waals surface area contributed by atoms with Crippen molar-refractivity contribution in [3.8, 4) is 0 Å². The molecule has 2 rings (SSSR count). The Hall–Kier alpha value is -2.56. The molecule has 1 aromatic carbocycles. The molecular weight excluding hydrogens is 306 g/mol. The van der Waals surface area contributed by atoms with Crippen LogP contribution in [0.3, 0.4) is 0 Å². The van der Waals surface area contributed by atoms with Crippen molar-refractivity contribution in [3.63, 3.8) is 0 Å². The van der Waals surface area contributed by atoms with Gasteiger partial charge >= 0.3 is 5.97 Å². The summed E-state index contributed by atoms with van der Waals surface area (Å²) in [6.07, 6.45) is 3.20. The second kappa shape index (κ2) is 8.34. The van der Waals surface area contributed by atoms with Crippen molar-refractivity contribution in [2.45, 2.75) is 46.1 Å². The number of carbonyl (C=O) groups is 2. The highest BCUT2D eigenvalue weighted by Crippen LogP contribution is 2.14. The van der Waals surface area contributed by atoms with E-state index in [9.17, 15) is 9.59 Å². The molecule has 1 heterocycles. The van der Waals surface area contributed by atoms with Crippen LogP contribution in [0.15, 0.2) is 34.7 Å².